The summed E-state index contributed by atoms with van der Waals surface area (Å²) in [4.78, 5) is 10.2. The molecule has 1 unspecified atom stereocenters. The molecule has 0 aliphatic rings. The van der Waals surface area contributed by atoms with Crippen LogP contribution in [0.15, 0.2) is 12.2 Å². The van der Waals surface area contributed by atoms with E-state index < -0.39 is 0 Å². The molecule has 0 saturated carbocycles. The predicted molar refractivity (Wildman–Crippen MR) is 169 cm³/mol. The van der Waals surface area contributed by atoms with E-state index in [0.29, 0.717) is 0 Å². The number of nitrogens with two attached hydrogens (primary N) is 2. The van der Waals surface area contributed by atoms with Crippen molar-refractivity contribution in [2.45, 2.75) is 180 Å². The Labute approximate surface area is 267 Å². The van der Waals surface area contributed by atoms with Gasteiger partial charge in [-0.1, -0.05) is 167 Å². The first-order valence-electron chi connectivity index (χ1n) is 16.6. The molecule has 0 rings (SSSR count). The van der Waals surface area contributed by atoms with Gasteiger partial charge in [-0.2, -0.15) is 6.42 Å². The van der Waals surface area contributed by atoms with E-state index in [9.17, 15) is 4.79 Å². The fraction of sp³-hybridized carbons (Fsp3) is 0.882. The standard InChI is InChI=1S/C18H35O.C16H33N2O.Na/c1-2-3-4-5-6-7-8-9-10-11-12-13-14-15-16-17-18-19;17-14-12-10-8-6-4-2-1-3-5-7-9-11-13-16(18)15-19;/h14-15,17,19H,2-13,16,18H2,1H3;16H,1-14,17-18H2;/q2*-1;+1/b15-14+;;. The first-order chi connectivity index (χ1) is 18.7. The molecule has 1 atom stereocenters. The number of unbranched alkanes of at least 4 members (excludes halogenated alkanes) is 23. The summed E-state index contributed by atoms with van der Waals surface area (Å²) in [6.07, 6.45) is 42.2. The normalized spacial score (nSPS) is 11.7. The van der Waals surface area contributed by atoms with E-state index in [4.69, 9.17) is 16.6 Å². The molecule has 0 saturated heterocycles. The molecule has 0 aliphatic carbocycles. The van der Waals surface area contributed by atoms with Crippen molar-refractivity contribution in [3.63, 3.8) is 0 Å². The van der Waals surface area contributed by atoms with Gasteiger partial charge in [-0.15, -0.1) is 6.08 Å². The summed E-state index contributed by atoms with van der Waals surface area (Å²) in [5.41, 5.74) is 10.9. The van der Waals surface area contributed by atoms with Crippen molar-refractivity contribution < 1.29 is 39.5 Å². The van der Waals surface area contributed by atoms with E-state index in [0.717, 1.165) is 25.8 Å². The van der Waals surface area contributed by atoms with Crippen LogP contribution in [0.2, 0.25) is 0 Å². The van der Waals surface area contributed by atoms with Crippen molar-refractivity contribution >= 4 is 6.29 Å². The molecule has 0 spiro atoms. The summed E-state index contributed by atoms with van der Waals surface area (Å²) in [7, 11) is 0. The first kappa shape index (κ1) is 43.7. The second kappa shape index (κ2) is 42.8. The van der Waals surface area contributed by atoms with Gasteiger partial charge in [-0.3, -0.25) is 6.42 Å². The maximum absolute atomic E-state index is 10.2. The van der Waals surface area contributed by atoms with Gasteiger partial charge in [0, 0.05) is 0 Å². The van der Waals surface area contributed by atoms with Crippen molar-refractivity contribution in [1.82, 2.24) is 0 Å². The Kier molecular flexibility index (Phi) is 47.9. The molecule has 5 heteroatoms. The van der Waals surface area contributed by atoms with Crippen LogP contribution in [-0.2, 0) is 4.79 Å². The Hall–Kier alpha value is 0.290. The Morgan fingerprint density at radius 2 is 1.08 bits per heavy atom. The zero-order valence-electron chi connectivity index (χ0n) is 26.6. The van der Waals surface area contributed by atoms with Crippen LogP contribution in [-0.4, -0.2) is 30.6 Å². The predicted octanol–water partition coefficient (Wildman–Crippen LogP) is 6.29. The zero-order chi connectivity index (χ0) is 28.2. The number of carbonyl (C=O) groups excluding carboxylic acids is 1. The fourth-order valence-electron chi connectivity index (χ4n) is 4.65. The Balaban J connectivity index is -0.000000648. The number of allylic oxidation sites excluding steroid dienone is 2. The maximum atomic E-state index is 10.2. The summed E-state index contributed by atoms with van der Waals surface area (Å²) in [6.45, 7) is 3.32. The van der Waals surface area contributed by atoms with Gasteiger partial charge >= 0.3 is 29.6 Å². The van der Waals surface area contributed by atoms with Crippen LogP contribution >= 0.6 is 0 Å². The fourth-order valence-corrected chi connectivity index (χ4v) is 4.65. The molecule has 0 aromatic heterocycles. The zero-order valence-corrected chi connectivity index (χ0v) is 28.6. The van der Waals surface area contributed by atoms with Crippen LogP contribution in [0.1, 0.15) is 174 Å². The van der Waals surface area contributed by atoms with E-state index in [1.807, 2.05) is 12.7 Å². The van der Waals surface area contributed by atoms with E-state index in [1.54, 1.807) is 0 Å². The van der Waals surface area contributed by atoms with Crippen molar-refractivity contribution in [1.29, 1.82) is 0 Å². The monoisotopic (exact) mass is 560 g/mol. The van der Waals surface area contributed by atoms with E-state index in [-0.39, 0.29) is 42.2 Å². The largest absolute Gasteiger partial charge is 1.00 e. The Morgan fingerprint density at radius 1 is 0.667 bits per heavy atom. The molecule has 0 aliphatic heterocycles. The van der Waals surface area contributed by atoms with Crippen LogP contribution < -0.4 is 41.0 Å². The average molecular weight is 560 g/mol. The molecule has 4 nitrogen and oxygen atoms in total. The molecular weight excluding hydrogens is 491 g/mol. The Morgan fingerprint density at radius 3 is 1.49 bits per heavy atom. The smallest absolute Gasteiger partial charge is 0.540 e. The van der Waals surface area contributed by atoms with Crippen LogP contribution in [0.5, 0.6) is 0 Å². The van der Waals surface area contributed by atoms with E-state index in [1.165, 1.54) is 148 Å². The third-order valence-corrected chi connectivity index (χ3v) is 7.19. The van der Waals surface area contributed by atoms with Crippen molar-refractivity contribution in [2.24, 2.45) is 11.5 Å². The summed E-state index contributed by atoms with van der Waals surface area (Å²) in [5.74, 6) is 0. The maximum Gasteiger partial charge on any atom is 1.00 e. The van der Waals surface area contributed by atoms with Gasteiger partial charge in [0.05, 0.1) is 0 Å². The number of aliphatic hydroxyl groups is 1. The van der Waals surface area contributed by atoms with Gasteiger partial charge < -0.3 is 21.4 Å². The number of aliphatic hydroxyl groups excluding tert-OH is 1. The molecule has 5 N–H and O–H groups in total. The van der Waals surface area contributed by atoms with Gasteiger partial charge in [0.1, 0.15) is 0 Å². The van der Waals surface area contributed by atoms with Crippen molar-refractivity contribution in [3.8, 4) is 0 Å². The molecule has 0 heterocycles. The van der Waals surface area contributed by atoms with Crippen LogP contribution in [0.3, 0.4) is 0 Å². The minimum absolute atomic E-state index is 0. The minimum atomic E-state index is -0.362. The van der Waals surface area contributed by atoms with Crippen molar-refractivity contribution in [2.75, 3.05) is 13.2 Å². The third-order valence-electron chi connectivity index (χ3n) is 7.19. The van der Waals surface area contributed by atoms with Crippen LogP contribution in [0.25, 0.3) is 0 Å². The number of hydrogen-bond donors (Lipinski definition) is 3. The first-order valence-corrected chi connectivity index (χ1v) is 16.6. The molecule has 0 fully saturated rings. The second-order valence-corrected chi connectivity index (χ2v) is 11.0. The van der Waals surface area contributed by atoms with E-state index in [2.05, 4.69) is 19.1 Å². The molecule has 228 valence electrons. The van der Waals surface area contributed by atoms with E-state index >= 15 is 0 Å². The van der Waals surface area contributed by atoms with Gasteiger partial charge in [0.15, 0.2) is 0 Å². The molecule has 0 aromatic carbocycles. The molecule has 0 bridgehead atoms. The molecule has 0 amide bonds. The van der Waals surface area contributed by atoms with Crippen molar-refractivity contribution in [3.05, 3.63) is 18.6 Å². The van der Waals surface area contributed by atoms with Gasteiger partial charge in [0.2, 0.25) is 0 Å². The molecule has 39 heavy (non-hydrogen) atoms. The van der Waals surface area contributed by atoms with Crippen LogP contribution in [0, 0.1) is 6.42 Å². The molecular formula is C34H68N2NaO2-. The summed E-state index contributed by atoms with van der Waals surface area (Å²) in [6, 6.07) is -0.362. The van der Waals surface area contributed by atoms with Gasteiger partial charge in [-0.05, 0) is 25.8 Å². The van der Waals surface area contributed by atoms with Crippen LogP contribution in [0.4, 0.5) is 0 Å². The number of rotatable bonds is 30. The third kappa shape index (κ3) is 45.5. The number of hydrogen-bond acceptors (Lipinski definition) is 4. The summed E-state index contributed by atoms with van der Waals surface area (Å²) < 4.78 is 0. The SMILES string of the molecule is CCCCCCCCCCCCC/C=C/C[CH-]CO.NCCCCCCCCCCCCCCC(N)[C-]=O.[Na+]. The average Bonchev–Trinajstić information content (AvgIpc) is 2.93. The minimum Gasteiger partial charge on any atom is -0.540 e. The summed E-state index contributed by atoms with van der Waals surface area (Å²) >= 11 is 0. The molecule has 0 radical (unpaired) electrons. The molecule has 0 aromatic rings. The topological polar surface area (TPSA) is 89.3 Å². The Bertz CT molecular complexity index is 449. The quantitative estimate of drug-likeness (QED) is 0.0418. The second-order valence-electron chi connectivity index (χ2n) is 11.0. The summed E-state index contributed by atoms with van der Waals surface area (Å²) in [5, 5.41) is 8.58. The van der Waals surface area contributed by atoms with Gasteiger partial charge in [-0.25, -0.2) is 6.29 Å². The van der Waals surface area contributed by atoms with Gasteiger partial charge in [0.25, 0.3) is 0 Å².